The molecule has 5 nitrogen and oxygen atoms in total. The van der Waals surface area contributed by atoms with Gasteiger partial charge in [-0.3, -0.25) is 0 Å². The molecule has 102 valence electrons. The van der Waals surface area contributed by atoms with Gasteiger partial charge in [-0.2, -0.15) is 0 Å². The average molecular weight is 283 g/mol. The Morgan fingerprint density at radius 1 is 1.37 bits per heavy atom. The zero-order chi connectivity index (χ0) is 14.3. The molecule has 0 spiro atoms. The maximum Gasteiger partial charge on any atom is 0.333 e. The lowest BCUT2D eigenvalue weighted by molar-refractivity contribution is -0.144. The summed E-state index contributed by atoms with van der Waals surface area (Å²) in [6.45, 7) is 1.65. The molecule has 0 aliphatic carbocycles. The minimum Gasteiger partial charge on any atom is -0.479 e. The fraction of sp³-hybridized carbons (Fsp3) is 0.231. The van der Waals surface area contributed by atoms with E-state index in [4.69, 9.17) is 11.6 Å². The highest BCUT2D eigenvalue weighted by Crippen LogP contribution is 2.20. The van der Waals surface area contributed by atoms with Crippen molar-refractivity contribution >= 4 is 23.6 Å². The van der Waals surface area contributed by atoms with Gasteiger partial charge in [0.05, 0.1) is 0 Å². The maximum absolute atomic E-state index is 11.6. The molecule has 0 aromatic heterocycles. The number of rotatable bonds is 5. The van der Waals surface area contributed by atoms with E-state index in [0.29, 0.717) is 5.56 Å². The Balaban J connectivity index is 2.84. The topological polar surface area (TPSA) is 78.4 Å². The van der Waals surface area contributed by atoms with E-state index in [-0.39, 0.29) is 6.54 Å². The number of hydrogen-bond acceptors (Lipinski definition) is 2. The lowest BCUT2D eigenvalue weighted by Crippen LogP contribution is -2.52. The lowest BCUT2D eigenvalue weighted by Gasteiger charge is -2.26. The van der Waals surface area contributed by atoms with Crippen LogP contribution in [0.3, 0.4) is 0 Å². The first kappa shape index (κ1) is 15.0. The first-order valence-electron chi connectivity index (χ1n) is 5.61. The molecule has 0 saturated carbocycles. The third-order valence-corrected chi connectivity index (χ3v) is 2.79. The van der Waals surface area contributed by atoms with Crippen molar-refractivity contribution in [1.29, 1.82) is 0 Å². The third kappa shape index (κ3) is 3.99. The summed E-state index contributed by atoms with van der Waals surface area (Å²) >= 11 is 5.32. The van der Waals surface area contributed by atoms with Crippen molar-refractivity contribution < 1.29 is 14.7 Å². The van der Waals surface area contributed by atoms with Crippen molar-refractivity contribution in [2.75, 3.05) is 6.54 Å². The smallest absolute Gasteiger partial charge is 0.333 e. The van der Waals surface area contributed by atoms with Crippen LogP contribution in [0.5, 0.6) is 0 Å². The SMILES string of the molecule is CC(NC(=O)NC/C=C/Cl)(C(=O)O)c1ccccc1. The van der Waals surface area contributed by atoms with Gasteiger partial charge in [-0.05, 0) is 12.5 Å². The zero-order valence-electron chi connectivity index (χ0n) is 10.4. The third-order valence-electron chi connectivity index (χ3n) is 2.61. The molecule has 0 fully saturated rings. The summed E-state index contributed by atoms with van der Waals surface area (Å²) < 4.78 is 0. The molecule has 0 bridgehead atoms. The molecule has 1 rings (SSSR count). The summed E-state index contributed by atoms with van der Waals surface area (Å²) in [5.41, 5.74) is 0.273. The van der Waals surface area contributed by atoms with Gasteiger partial charge in [-0.1, -0.05) is 48.0 Å². The predicted molar refractivity (Wildman–Crippen MR) is 73.0 cm³/mol. The molecule has 1 unspecified atom stereocenters. The predicted octanol–water partition coefficient (Wildman–Crippen LogP) is 2.04. The van der Waals surface area contributed by atoms with Gasteiger partial charge in [0.2, 0.25) is 0 Å². The number of carbonyl (C=O) groups excluding carboxylic acids is 1. The summed E-state index contributed by atoms with van der Waals surface area (Å²) in [5, 5.41) is 14.2. The molecule has 0 aliphatic heterocycles. The van der Waals surface area contributed by atoms with Crippen molar-refractivity contribution in [2.24, 2.45) is 0 Å². The minimum absolute atomic E-state index is 0.222. The van der Waals surface area contributed by atoms with E-state index in [9.17, 15) is 14.7 Å². The first-order chi connectivity index (χ1) is 9.00. The summed E-state index contributed by atoms with van der Waals surface area (Å²) in [6, 6.07) is 7.92. The molecule has 0 radical (unpaired) electrons. The Morgan fingerprint density at radius 3 is 2.53 bits per heavy atom. The number of urea groups is 1. The number of carbonyl (C=O) groups is 2. The lowest BCUT2D eigenvalue weighted by atomic mass is 9.92. The van der Waals surface area contributed by atoms with Crippen LogP contribution < -0.4 is 10.6 Å². The molecular formula is C13H15ClN2O3. The van der Waals surface area contributed by atoms with E-state index in [2.05, 4.69) is 10.6 Å². The Kier molecular flexibility index (Phi) is 5.38. The molecule has 1 atom stereocenters. The first-order valence-corrected chi connectivity index (χ1v) is 6.04. The Hall–Kier alpha value is -2.01. The van der Waals surface area contributed by atoms with E-state index in [1.165, 1.54) is 18.5 Å². The second kappa shape index (κ2) is 6.80. The second-order valence-electron chi connectivity index (χ2n) is 3.99. The van der Waals surface area contributed by atoms with Crippen LogP contribution in [-0.2, 0) is 10.3 Å². The molecule has 3 N–H and O–H groups in total. The Bertz CT molecular complexity index is 476. The molecule has 2 amide bonds. The van der Waals surface area contributed by atoms with Gasteiger partial charge in [-0.15, -0.1) is 0 Å². The van der Waals surface area contributed by atoms with E-state index in [0.717, 1.165) is 0 Å². The number of aliphatic carboxylic acids is 1. The van der Waals surface area contributed by atoms with Crippen LogP contribution in [-0.4, -0.2) is 23.7 Å². The molecule has 19 heavy (non-hydrogen) atoms. The van der Waals surface area contributed by atoms with Crippen LogP contribution in [0.4, 0.5) is 4.79 Å². The van der Waals surface area contributed by atoms with Crippen molar-refractivity contribution in [3.63, 3.8) is 0 Å². The number of benzene rings is 1. The monoisotopic (exact) mass is 282 g/mol. The molecule has 1 aromatic carbocycles. The second-order valence-corrected chi connectivity index (χ2v) is 4.24. The summed E-state index contributed by atoms with van der Waals surface area (Å²) in [4.78, 5) is 23.1. The van der Waals surface area contributed by atoms with Gasteiger partial charge < -0.3 is 15.7 Å². The van der Waals surface area contributed by atoms with E-state index >= 15 is 0 Å². The molecule has 1 aromatic rings. The van der Waals surface area contributed by atoms with Crippen LogP contribution in [0, 0.1) is 0 Å². The molecule has 0 heterocycles. The largest absolute Gasteiger partial charge is 0.479 e. The summed E-state index contributed by atoms with van der Waals surface area (Å²) in [5.74, 6) is -1.14. The highest BCUT2D eigenvalue weighted by molar-refractivity contribution is 6.25. The van der Waals surface area contributed by atoms with Crippen LogP contribution in [0.25, 0.3) is 0 Å². The van der Waals surface area contributed by atoms with Crippen molar-refractivity contribution in [3.05, 3.63) is 47.5 Å². The fourth-order valence-corrected chi connectivity index (χ4v) is 1.58. The van der Waals surface area contributed by atoms with Gasteiger partial charge in [0.1, 0.15) is 0 Å². The van der Waals surface area contributed by atoms with Crippen molar-refractivity contribution in [2.45, 2.75) is 12.5 Å². The van der Waals surface area contributed by atoms with E-state index in [1.54, 1.807) is 30.3 Å². The van der Waals surface area contributed by atoms with Gasteiger partial charge in [0.15, 0.2) is 5.54 Å². The van der Waals surface area contributed by atoms with Crippen LogP contribution >= 0.6 is 11.6 Å². The van der Waals surface area contributed by atoms with Crippen molar-refractivity contribution in [3.8, 4) is 0 Å². The molecule has 6 heteroatoms. The van der Waals surface area contributed by atoms with Crippen LogP contribution in [0.1, 0.15) is 12.5 Å². The van der Waals surface area contributed by atoms with Gasteiger partial charge in [0, 0.05) is 12.1 Å². The fourth-order valence-electron chi connectivity index (χ4n) is 1.49. The minimum atomic E-state index is -1.49. The van der Waals surface area contributed by atoms with Gasteiger partial charge in [0.25, 0.3) is 0 Å². The standard InChI is InChI=1S/C13H15ClN2O3/c1-13(11(17)18,10-6-3-2-4-7-10)16-12(19)15-9-5-8-14/h2-8H,9H2,1H3,(H,17,18)(H2,15,16,19)/b8-5+. The number of carboxylic acid groups (broad SMARTS) is 1. The van der Waals surface area contributed by atoms with Gasteiger partial charge in [-0.25, -0.2) is 9.59 Å². The Labute approximate surface area is 116 Å². The molecule has 0 saturated heterocycles. The van der Waals surface area contributed by atoms with Crippen LogP contribution in [0.15, 0.2) is 41.9 Å². The van der Waals surface area contributed by atoms with Crippen LogP contribution in [0.2, 0.25) is 0 Å². The number of nitrogens with one attached hydrogen (secondary N) is 2. The average Bonchev–Trinajstić information content (AvgIpc) is 2.39. The van der Waals surface area contributed by atoms with E-state index in [1.807, 2.05) is 0 Å². The zero-order valence-corrected chi connectivity index (χ0v) is 11.1. The number of hydrogen-bond donors (Lipinski definition) is 3. The molecule has 0 aliphatic rings. The number of carboxylic acids is 1. The summed E-state index contributed by atoms with van der Waals surface area (Å²) in [7, 11) is 0. The highest BCUT2D eigenvalue weighted by Gasteiger charge is 2.36. The number of halogens is 1. The van der Waals surface area contributed by atoms with E-state index < -0.39 is 17.5 Å². The quantitative estimate of drug-likeness (QED) is 0.773. The number of amides is 2. The normalized spacial score (nSPS) is 13.8. The summed E-state index contributed by atoms with van der Waals surface area (Å²) in [6.07, 6.45) is 1.53. The highest BCUT2D eigenvalue weighted by atomic mass is 35.5. The van der Waals surface area contributed by atoms with Crippen molar-refractivity contribution in [1.82, 2.24) is 10.6 Å². The maximum atomic E-state index is 11.6. The Morgan fingerprint density at radius 2 is 2.00 bits per heavy atom. The van der Waals surface area contributed by atoms with Gasteiger partial charge >= 0.3 is 12.0 Å². The molecular weight excluding hydrogens is 268 g/mol.